The van der Waals surface area contributed by atoms with Crippen LogP contribution in [0.1, 0.15) is 6.92 Å². The highest BCUT2D eigenvalue weighted by atomic mass is 32.2. The van der Waals surface area contributed by atoms with E-state index in [1.54, 1.807) is 0 Å². The van der Waals surface area contributed by atoms with Crippen LogP contribution in [0.2, 0.25) is 0 Å². The Morgan fingerprint density at radius 1 is 1.33 bits per heavy atom. The Kier molecular flexibility index (Phi) is 3.98. The van der Waals surface area contributed by atoms with Crippen LogP contribution in [0.25, 0.3) is 0 Å². The van der Waals surface area contributed by atoms with E-state index in [1.807, 2.05) is 0 Å². The molecule has 10 heteroatoms. The second kappa shape index (κ2) is 5.18. The van der Waals surface area contributed by atoms with Gasteiger partial charge in [-0.15, -0.1) is 0 Å². The molecular formula is C11H14F2N2O4S2. The summed E-state index contributed by atoms with van der Waals surface area (Å²) in [7, 11) is -7.70. The number of nitrogens with zero attached hydrogens (tertiary/aromatic N) is 1. The van der Waals surface area contributed by atoms with Crippen LogP contribution in [-0.2, 0) is 19.9 Å². The van der Waals surface area contributed by atoms with E-state index in [-0.39, 0.29) is 23.7 Å². The monoisotopic (exact) mass is 340 g/mol. The highest BCUT2D eigenvalue weighted by Crippen LogP contribution is 2.27. The molecule has 0 aliphatic carbocycles. The molecule has 1 aromatic rings. The van der Waals surface area contributed by atoms with Crippen LogP contribution < -0.4 is 5.73 Å². The molecule has 0 radical (unpaired) electrons. The number of nitrogen functional groups attached to an aromatic ring is 1. The Morgan fingerprint density at radius 3 is 2.52 bits per heavy atom. The Balaban J connectivity index is 2.49. The van der Waals surface area contributed by atoms with Gasteiger partial charge in [0.15, 0.2) is 21.5 Å². The number of sulfonamides is 1. The van der Waals surface area contributed by atoms with E-state index in [1.165, 1.54) is 6.92 Å². The van der Waals surface area contributed by atoms with Gasteiger partial charge in [-0.2, -0.15) is 4.31 Å². The standard InChI is InChI=1S/C11H14F2N2O4S2/c1-7-6-20(16,17)3-2-15(7)21(18,19)10-5-8(14)4-9(12)11(10)13/h4-5,7H,2-3,6,14H2,1H3. The molecule has 6 nitrogen and oxygen atoms in total. The molecule has 1 saturated heterocycles. The van der Waals surface area contributed by atoms with Crippen molar-refractivity contribution in [1.29, 1.82) is 0 Å². The summed E-state index contributed by atoms with van der Waals surface area (Å²) in [5.74, 6) is -3.61. The van der Waals surface area contributed by atoms with Crippen molar-refractivity contribution in [2.75, 3.05) is 23.8 Å². The summed E-state index contributed by atoms with van der Waals surface area (Å²) in [6.07, 6.45) is 0. The normalized spacial score (nSPS) is 23.1. The molecule has 1 aliphatic rings. The zero-order valence-electron chi connectivity index (χ0n) is 11.1. The molecule has 2 rings (SSSR count). The predicted octanol–water partition coefficient (Wildman–Crippen LogP) is 0.355. The maximum absolute atomic E-state index is 13.8. The minimum atomic E-state index is -4.36. The maximum atomic E-state index is 13.8. The molecule has 1 fully saturated rings. The van der Waals surface area contributed by atoms with Gasteiger partial charge in [-0.25, -0.2) is 25.6 Å². The van der Waals surface area contributed by atoms with Crippen LogP contribution in [0.4, 0.5) is 14.5 Å². The summed E-state index contributed by atoms with van der Waals surface area (Å²) < 4.78 is 75.7. The minimum Gasteiger partial charge on any atom is -0.399 e. The average Bonchev–Trinajstić information content (AvgIpc) is 2.31. The van der Waals surface area contributed by atoms with Gasteiger partial charge in [-0.3, -0.25) is 0 Å². The molecule has 1 heterocycles. The first-order valence-corrected chi connectivity index (χ1v) is 9.27. The molecule has 0 bridgehead atoms. The first kappa shape index (κ1) is 16.1. The molecule has 0 amide bonds. The molecule has 1 aromatic carbocycles. The molecule has 1 unspecified atom stereocenters. The molecule has 0 spiro atoms. The second-order valence-corrected chi connectivity index (χ2v) is 8.98. The molecule has 21 heavy (non-hydrogen) atoms. The maximum Gasteiger partial charge on any atom is 0.246 e. The van der Waals surface area contributed by atoms with E-state index in [0.29, 0.717) is 6.07 Å². The average molecular weight is 340 g/mol. The summed E-state index contributed by atoms with van der Waals surface area (Å²) >= 11 is 0. The van der Waals surface area contributed by atoms with Crippen molar-refractivity contribution in [2.45, 2.75) is 17.9 Å². The molecule has 1 atom stereocenters. The van der Waals surface area contributed by atoms with Crippen molar-refractivity contribution in [3.05, 3.63) is 23.8 Å². The van der Waals surface area contributed by atoms with Gasteiger partial charge in [0.25, 0.3) is 0 Å². The van der Waals surface area contributed by atoms with Crippen LogP contribution >= 0.6 is 0 Å². The molecule has 0 saturated carbocycles. The summed E-state index contributed by atoms with van der Waals surface area (Å²) in [6, 6.07) is 0.639. The summed E-state index contributed by atoms with van der Waals surface area (Å²) in [5.41, 5.74) is 5.12. The lowest BCUT2D eigenvalue weighted by Gasteiger charge is -2.32. The number of benzene rings is 1. The quantitative estimate of drug-likeness (QED) is 0.784. The van der Waals surface area contributed by atoms with Crippen LogP contribution in [0.5, 0.6) is 0 Å². The third-order valence-electron chi connectivity index (χ3n) is 3.21. The number of anilines is 1. The van der Waals surface area contributed by atoms with E-state index in [4.69, 9.17) is 5.73 Å². The Morgan fingerprint density at radius 2 is 1.95 bits per heavy atom. The number of nitrogens with two attached hydrogens (primary N) is 1. The van der Waals surface area contributed by atoms with E-state index in [9.17, 15) is 25.6 Å². The van der Waals surface area contributed by atoms with Crippen molar-refractivity contribution in [1.82, 2.24) is 4.31 Å². The predicted molar refractivity (Wildman–Crippen MR) is 72.8 cm³/mol. The van der Waals surface area contributed by atoms with Gasteiger partial charge >= 0.3 is 0 Å². The number of hydrogen-bond donors (Lipinski definition) is 1. The SMILES string of the molecule is CC1CS(=O)(=O)CCN1S(=O)(=O)c1cc(N)cc(F)c1F. The third-order valence-corrected chi connectivity index (χ3v) is 7.02. The first-order valence-electron chi connectivity index (χ1n) is 6.01. The summed E-state index contributed by atoms with van der Waals surface area (Å²) in [6.45, 7) is 1.09. The molecule has 2 N–H and O–H groups in total. The summed E-state index contributed by atoms with van der Waals surface area (Å²) in [5, 5.41) is 0. The zero-order chi connectivity index (χ0) is 16.0. The largest absolute Gasteiger partial charge is 0.399 e. The number of sulfone groups is 1. The van der Waals surface area contributed by atoms with E-state index < -0.39 is 42.4 Å². The van der Waals surface area contributed by atoms with Gasteiger partial charge in [0.2, 0.25) is 10.0 Å². The van der Waals surface area contributed by atoms with Crippen molar-refractivity contribution in [3.8, 4) is 0 Å². The van der Waals surface area contributed by atoms with E-state index in [0.717, 1.165) is 10.4 Å². The first-order chi connectivity index (χ1) is 9.54. The molecular weight excluding hydrogens is 326 g/mol. The van der Waals surface area contributed by atoms with Crippen LogP contribution in [-0.4, -0.2) is 45.2 Å². The number of rotatable bonds is 2. The van der Waals surface area contributed by atoms with E-state index >= 15 is 0 Å². The van der Waals surface area contributed by atoms with Gasteiger partial charge in [-0.05, 0) is 19.1 Å². The second-order valence-electron chi connectivity index (χ2n) is 4.89. The number of hydrogen-bond acceptors (Lipinski definition) is 5. The topological polar surface area (TPSA) is 97.5 Å². The van der Waals surface area contributed by atoms with Crippen LogP contribution in [0.3, 0.4) is 0 Å². The van der Waals surface area contributed by atoms with Crippen molar-refractivity contribution in [3.63, 3.8) is 0 Å². The summed E-state index contributed by atoms with van der Waals surface area (Å²) in [4.78, 5) is -0.883. The molecule has 1 aliphatic heterocycles. The van der Waals surface area contributed by atoms with Gasteiger partial charge in [0.1, 0.15) is 4.90 Å². The lowest BCUT2D eigenvalue weighted by Crippen LogP contribution is -2.49. The zero-order valence-corrected chi connectivity index (χ0v) is 12.7. The van der Waals surface area contributed by atoms with Gasteiger partial charge in [-0.1, -0.05) is 0 Å². The van der Waals surface area contributed by atoms with Crippen molar-refractivity contribution < 1.29 is 25.6 Å². The molecule has 118 valence electrons. The van der Waals surface area contributed by atoms with Crippen LogP contribution in [0.15, 0.2) is 17.0 Å². The van der Waals surface area contributed by atoms with Gasteiger partial charge in [0.05, 0.1) is 11.5 Å². The van der Waals surface area contributed by atoms with Gasteiger partial charge in [0, 0.05) is 18.3 Å². The fourth-order valence-corrected chi connectivity index (χ4v) is 5.75. The Hall–Kier alpha value is -1.26. The fraction of sp³-hybridized carbons (Fsp3) is 0.455. The highest BCUT2D eigenvalue weighted by molar-refractivity contribution is 7.92. The highest BCUT2D eigenvalue weighted by Gasteiger charge is 2.38. The van der Waals surface area contributed by atoms with Crippen molar-refractivity contribution in [2.24, 2.45) is 0 Å². The minimum absolute atomic E-state index is 0.232. The third kappa shape index (κ3) is 3.01. The Labute approximate surface area is 121 Å². The van der Waals surface area contributed by atoms with Crippen LogP contribution in [0, 0.1) is 11.6 Å². The lowest BCUT2D eigenvalue weighted by molar-refractivity contribution is 0.353. The molecule has 0 aromatic heterocycles. The van der Waals surface area contributed by atoms with Crippen molar-refractivity contribution >= 4 is 25.5 Å². The lowest BCUT2D eigenvalue weighted by atomic mass is 10.3. The fourth-order valence-electron chi connectivity index (χ4n) is 2.24. The van der Waals surface area contributed by atoms with E-state index in [2.05, 4.69) is 0 Å². The van der Waals surface area contributed by atoms with Gasteiger partial charge < -0.3 is 5.73 Å². The smallest absolute Gasteiger partial charge is 0.246 e. The Bertz CT molecular complexity index is 778. The number of halogens is 2.